The van der Waals surface area contributed by atoms with Crippen LogP contribution in [0.15, 0.2) is 29.0 Å². The molecule has 3 aromatic heterocycles. The molecule has 3 aromatic rings. The van der Waals surface area contributed by atoms with E-state index in [1.807, 2.05) is 39.9 Å². The van der Waals surface area contributed by atoms with Crippen molar-refractivity contribution in [2.45, 2.75) is 19.4 Å². The third kappa shape index (κ3) is 2.96. The predicted molar refractivity (Wildman–Crippen MR) is 95.0 cm³/mol. The largest absolute Gasteiger partial charge is 0.356 e. The Labute approximate surface area is 138 Å². The average molecular weight is 333 g/mol. The van der Waals surface area contributed by atoms with Crippen LogP contribution >= 0.6 is 23.1 Å². The highest BCUT2D eigenvalue weighted by molar-refractivity contribution is 7.98. The van der Waals surface area contributed by atoms with Gasteiger partial charge in [-0.15, -0.1) is 15.3 Å². The Hall–Kier alpha value is -1.60. The first kappa shape index (κ1) is 15.3. The molecular weight excluding hydrogens is 314 g/mol. The summed E-state index contributed by atoms with van der Waals surface area (Å²) >= 11 is 3.53. The molecule has 0 aliphatic rings. The van der Waals surface area contributed by atoms with Crippen LogP contribution in [0.2, 0.25) is 0 Å². The number of hydrogen-bond acceptors (Lipinski definition) is 6. The number of aromatic nitrogens is 4. The van der Waals surface area contributed by atoms with E-state index in [2.05, 4.69) is 40.7 Å². The van der Waals surface area contributed by atoms with E-state index in [0.717, 1.165) is 35.0 Å². The molecule has 0 N–H and O–H groups in total. The van der Waals surface area contributed by atoms with Gasteiger partial charge in [0, 0.05) is 24.0 Å². The Balaban J connectivity index is 1.93. The van der Waals surface area contributed by atoms with Gasteiger partial charge in [0.2, 0.25) is 0 Å². The summed E-state index contributed by atoms with van der Waals surface area (Å²) in [7, 11) is 2.09. The lowest BCUT2D eigenvalue weighted by molar-refractivity contribution is 0.655. The van der Waals surface area contributed by atoms with Crippen molar-refractivity contribution in [1.29, 1.82) is 0 Å². The highest BCUT2D eigenvalue weighted by atomic mass is 32.2. The molecular formula is C15H19N5S2. The van der Waals surface area contributed by atoms with E-state index in [-0.39, 0.29) is 0 Å². The van der Waals surface area contributed by atoms with Gasteiger partial charge in [-0.3, -0.25) is 0 Å². The molecule has 7 heteroatoms. The first-order chi connectivity index (χ1) is 10.7. The molecule has 0 aliphatic carbocycles. The number of thiophene rings is 1. The van der Waals surface area contributed by atoms with E-state index in [9.17, 15) is 0 Å². The van der Waals surface area contributed by atoms with Gasteiger partial charge in [-0.1, -0.05) is 0 Å². The molecule has 0 aromatic carbocycles. The first-order valence-electron chi connectivity index (χ1n) is 7.17. The number of anilines is 1. The molecule has 0 aliphatic heterocycles. The van der Waals surface area contributed by atoms with E-state index in [1.54, 1.807) is 11.3 Å². The summed E-state index contributed by atoms with van der Waals surface area (Å²) in [6.07, 6.45) is 3.28. The summed E-state index contributed by atoms with van der Waals surface area (Å²) in [4.78, 5) is 2.22. The zero-order chi connectivity index (χ0) is 15.5. The minimum Gasteiger partial charge on any atom is -0.356 e. The first-order valence-corrected chi connectivity index (χ1v) is 9.51. The minimum absolute atomic E-state index is 0.443. The lowest BCUT2D eigenvalue weighted by Crippen LogP contribution is -2.30. The highest BCUT2D eigenvalue weighted by Gasteiger charge is 2.14. The van der Waals surface area contributed by atoms with Crippen LogP contribution in [0, 0.1) is 0 Å². The van der Waals surface area contributed by atoms with Crippen molar-refractivity contribution in [3.8, 4) is 11.4 Å². The second-order valence-electron chi connectivity index (χ2n) is 5.24. The fourth-order valence-electron chi connectivity index (χ4n) is 2.25. The maximum absolute atomic E-state index is 4.74. The molecule has 1 unspecified atom stereocenters. The topological polar surface area (TPSA) is 46.3 Å². The predicted octanol–water partition coefficient (Wildman–Crippen LogP) is 3.43. The molecule has 22 heavy (non-hydrogen) atoms. The summed E-state index contributed by atoms with van der Waals surface area (Å²) in [6.45, 7) is 2.23. The van der Waals surface area contributed by atoms with E-state index in [4.69, 9.17) is 5.10 Å². The van der Waals surface area contributed by atoms with Crippen molar-refractivity contribution in [3.63, 3.8) is 0 Å². The summed E-state index contributed by atoms with van der Waals surface area (Å²) < 4.78 is 1.83. The molecule has 116 valence electrons. The standard InChI is InChI=1S/C15H19N5S2/c1-11(6-8-21-3)19(2)14-5-4-13-16-17-15(20(13)18-14)12-7-9-22-10-12/h4-5,7,9-11H,6,8H2,1-3H3. The van der Waals surface area contributed by atoms with Gasteiger partial charge >= 0.3 is 0 Å². The number of thioether (sulfide) groups is 1. The summed E-state index contributed by atoms with van der Waals surface area (Å²) in [5, 5.41) is 17.3. The second kappa shape index (κ2) is 6.66. The third-order valence-corrected chi connectivity index (χ3v) is 5.12. The molecule has 0 radical (unpaired) electrons. The maximum atomic E-state index is 4.74. The van der Waals surface area contributed by atoms with Gasteiger partial charge in [-0.25, -0.2) is 0 Å². The number of nitrogens with zero attached hydrogens (tertiary/aromatic N) is 5. The van der Waals surface area contributed by atoms with Crippen molar-refractivity contribution in [2.24, 2.45) is 0 Å². The van der Waals surface area contributed by atoms with Crippen molar-refractivity contribution in [3.05, 3.63) is 29.0 Å². The molecule has 3 heterocycles. The number of rotatable bonds is 6. The van der Waals surface area contributed by atoms with Gasteiger partial charge < -0.3 is 4.90 Å². The fraction of sp³-hybridized carbons (Fsp3) is 0.400. The molecule has 1 atom stereocenters. The van der Waals surface area contributed by atoms with Crippen LogP contribution in [0.5, 0.6) is 0 Å². The van der Waals surface area contributed by atoms with Crippen molar-refractivity contribution in [1.82, 2.24) is 19.8 Å². The summed E-state index contributed by atoms with van der Waals surface area (Å²) in [5.41, 5.74) is 1.83. The molecule has 3 rings (SSSR count). The third-order valence-electron chi connectivity index (χ3n) is 3.79. The van der Waals surface area contributed by atoms with Crippen LogP contribution < -0.4 is 4.90 Å². The minimum atomic E-state index is 0.443. The summed E-state index contributed by atoms with van der Waals surface area (Å²) in [5.74, 6) is 2.89. The molecule has 0 saturated carbocycles. The average Bonchev–Trinajstić information content (AvgIpc) is 3.19. The quantitative estimate of drug-likeness (QED) is 0.691. The Morgan fingerprint density at radius 2 is 2.18 bits per heavy atom. The Bertz CT molecular complexity index is 738. The van der Waals surface area contributed by atoms with E-state index < -0.39 is 0 Å². The Kier molecular flexibility index (Phi) is 4.63. The van der Waals surface area contributed by atoms with Crippen LogP contribution in [0.3, 0.4) is 0 Å². The monoisotopic (exact) mass is 333 g/mol. The normalized spacial score (nSPS) is 12.7. The smallest absolute Gasteiger partial charge is 0.186 e. The second-order valence-corrected chi connectivity index (χ2v) is 7.00. The van der Waals surface area contributed by atoms with Crippen LogP contribution in [-0.2, 0) is 0 Å². The molecule has 0 amide bonds. The maximum Gasteiger partial charge on any atom is 0.186 e. The zero-order valence-electron chi connectivity index (χ0n) is 12.9. The number of fused-ring (bicyclic) bond motifs is 1. The van der Waals surface area contributed by atoms with Crippen LogP contribution in [0.1, 0.15) is 13.3 Å². The van der Waals surface area contributed by atoms with Gasteiger partial charge in [-0.05, 0) is 48.9 Å². The van der Waals surface area contributed by atoms with Crippen LogP contribution in [0.25, 0.3) is 17.0 Å². The van der Waals surface area contributed by atoms with E-state index in [0.29, 0.717) is 6.04 Å². The molecule has 0 saturated heterocycles. The molecule has 0 fully saturated rings. The van der Waals surface area contributed by atoms with Gasteiger partial charge in [0.25, 0.3) is 0 Å². The SMILES string of the molecule is CSCCC(C)N(C)c1ccc2nnc(-c3ccsc3)n2n1. The fourth-order valence-corrected chi connectivity index (χ4v) is 3.46. The van der Waals surface area contributed by atoms with Crippen molar-refractivity contribution >= 4 is 34.6 Å². The molecule has 0 spiro atoms. The Morgan fingerprint density at radius 1 is 1.32 bits per heavy atom. The van der Waals surface area contributed by atoms with Crippen molar-refractivity contribution < 1.29 is 0 Å². The lowest BCUT2D eigenvalue weighted by atomic mass is 10.2. The van der Waals surface area contributed by atoms with Crippen molar-refractivity contribution in [2.75, 3.05) is 24.0 Å². The van der Waals surface area contributed by atoms with Gasteiger partial charge in [0.1, 0.15) is 5.82 Å². The zero-order valence-corrected chi connectivity index (χ0v) is 14.6. The van der Waals surface area contributed by atoms with E-state index in [1.165, 1.54) is 0 Å². The number of hydrogen-bond donors (Lipinski definition) is 0. The summed E-state index contributed by atoms with van der Waals surface area (Å²) in [6, 6.07) is 6.47. The van der Waals surface area contributed by atoms with E-state index >= 15 is 0 Å². The molecule has 5 nitrogen and oxygen atoms in total. The van der Waals surface area contributed by atoms with Crippen LogP contribution in [0.4, 0.5) is 5.82 Å². The van der Waals surface area contributed by atoms with Gasteiger partial charge in [-0.2, -0.15) is 27.6 Å². The van der Waals surface area contributed by atoms with Gasteiger partial charge in [0.15, 0.2) is 11.5 Å². The Morgan fingerprint density at radius 3 is 2.91 bits per heavy atom. The van der Waals surface area contributed by atoms with Gasteiger partial charge in [0.05, 0.1) is 0 Å². The van der Waals surface area contributed by atoms with Crippen LogP contribution in [-0.4, -0.2) is 44.9 Å². The molecule has 0 bridgehead atoms. The highest BCUT2D eigenvalue weighted by Crippen LogP contribution is 2.22. The lowest BCUT2D eigenvalue weighted by Gasteiger charge is -2.25.